The van der Waals surface area contributed by atoms with Gasteiger partial charge in [-0.05, 0) is 42.7 Å². The van der Waals surface area contributed by atoms with E-state index in [1.807, 2.05) is 12.1 Å². The van der Waals surface area contributed by atoms with E-state index in [9.17, 15) is 9.90 Å². The van der Waals surface area contributed by atoms with Gasteiger partial charge in [-0.25, -0.2) is 0 Å². The van der Waals surface area contributed by atoms with Gasteiger partial charge >= 0.3 is 0 Å². The summed E-state index contributed by atoms with van der Waals surface area (Å²) < 4.78 is 0.750. The van der Waals surface area contributed by atoms with E-state index < -0.39 is 6.04 Å². The normalized spacial score (nSPS) is 12.1. The molecule has 1 atom stereocenters. The second-order valence-electron chi connectivity index (χ2n) is 4.72. The van der Waals surface area contributed by atoms with Crippen molar-refractivity contribution in [2.75, 3.05) is 6.54 Å². The summed E-state index contributed by atoms with van der Waals surface area (Å²) in [6.45, 7) is 0.541. The predicted octanol–water partition coefficient (Wildman–Crippen LogP) is 2.34. The molecule has 4 N–H and O–H groups in total. The molecule has 0 saturated carbocycles. The molecule has 0 spiro atoms. The van der Waals surface area contributed by atoms with Gasteiger partial charge in [-0.2, -0.15) is 0 Å². The highest BCUT2D eigenvalue weighted by Crippen LogP contribution is 2.21. The number of halogens is 1. The van der Waals surface area contributed by atoms with Crippen LogP contribution in [0.2, 0.25) is 4.34 Å². The summed E-state index contributed by atoms with van der Waals surface area (Å²) in [4.78, 5) is 13.0. The first-order valence-corrected chi connectivity index (χ1v) is 7.79. The van der Waals surface area contributed by atoms with Gasteiger partial charge in [-0.15, -0.1) is 11.3 Å². The number of benzene rings is 1. The minimum Gasteiger partial charge on any atom is -0.508 e. The Morgan fingerprint density at radius 3 is 2.62 bits per heavy atom. The molecule has 0 bridgehead atoms. The number of nitrogens with two attached hydrogens (primary N) is 1. The molecule has 0 saturated heterocycles. The molecule has 1 aromatic heterocycles. The quantitative estimate of drug-likeness (QED) is 0.763. The third kappa shape index (κ3) is 5.04. The molecule has 4 nitrogen and oxygen atoms in total. The van der Waals surface area contributed by atoms with Crippen LogP contribution >= 0.6 is 22.9 Å². The van der Waals surface area contributed by atoms with Gasteiger partial charge in [0.2, 0.25) is 5.91 Å². The third-order valence-corrected chi connectivity index (χ3v) is 4.32. The fraction of sp³-hybridized carbons (Fsp3) is 0.267. The molecular weight excluding hydrogens is 308 g/mol. The van der Waals surface area contributed by atoms with Crippen LogP contribution in [0.3, 0.4) is 0 Å². The van der Waals surface area contributed by atoms with E-state index in [0.29, 0.717) is 13.0 Å². The maximum Gasteiger partial charge on any atom is 0.237 e. The minimum absolute atomic E-state index is 0.175. The molecule has 2 rings (SSSR count). The van der Waals surface area contributed by atoms with Crippen molar-refractivity contribution in [3.8, 4) is 5.75 Å². The number of hydrogen-bond donors (Lipinski definition) is 3. The molecule has 21 heavy (non-hydrogen) atoms. The summed E-state index contributed by atoms with van der Waals surface area (Å²) >= 11 is 7.36. The number of thiophene rings is 1. The number of carbonyl (C=O) groups excluding carboxylic acids is 1. The van der Waals surface area contributed by atoms with E-state index in [4.69, 9.17) is 17.3 Å². The van der Waals surface area contributed by atoms with Crippen LogP contribution in [0.4, 0.5) is 0 Å². The number of hydrogen-bond acceptors (Lipinski definition) is 4. The zero-order valence-corrected chi connectivity index (χ0v) is 13.0. The van der Waals surface area contributed by atoms with Crippen molar-refractivity contribution in [3.05, 3.63) is 51.2 Å². The summed E-state index contributed by atoms with van der Waals surface area (Å²) in [5.74, 6) is 0.0251. The Hall–Kier alpha value is -1.56. The lowest BCUT2D eigenvalue weighted by molar-refractivity contribution is -0.122. The highest BCUT2D eigenvalue weighted by Gasteiger charge is 2.13. The number of amides is 1. The van der Waals surface area contributed by atoms with E-state index in [-0.39, 0.29) is 11.7 Å². The van der Waals surface area contributed by atoms with Crippen molar-refractivity contribution in [3.63, 3.8) is 0 Å². The van der Waals surface area contributed by atoms with Crippen LogP contribution < -0.4 is 11.1 Å². The Bertz CT molecular complexity index is 598. The maximum absolute atomic E-state index is 11.9. The zero-order chi connectivity index (χ0) is 15.2. The van der Waals surface area contributed by atoms with Crippen LogP contribution in [0.15, 0.2) is 36.4 Å². The predicted molar refractivity (Wildman–Crippen MR) is 85.8 cm³/mol. The van der Waals surface area contributed by atoms with E-state index in [0.717, 1.165) is 21.2 Å². The second-order valence-corrected chi connectivity index (χ2v) is 6.52. The first kappa shape index (κ1) is 15.8. The SMILES string of the molecule is N[C@H](Cc1ccc(O)cc1)C(=O)NCCc1ccc(Cl)s1. The van der Waals surface area contributed by atoms with E-state index in [1.165, 1.54) is 11.3 Å². The summed E-state index contributed by atoms with van der Waals surface area (Å²) in [6.07, 6.45) is 1.19. The topological polar surface area (TPSA) is 75.3 Å². The van der Waals surface area contributed by atoms with E-state index in [1.54, 1.807) is 24.3 Å². The van der Waals surface area contributed by atoms with Crippen LogP contribution in [0.5, 0.6) is 5.75 Å². The summed E-state index contributed by atoms with van der Waals surface area (Å²) in [6, 6.07) is 9.89. The molecule has 1 heterocycles. The van der Waals surface area contributed by atoms with Gasteiger partial charge in [-0.3, -0.25) is 4.79 Å². The van der Waals surface area contributed by atoms with Crippen LogP contribution in [0.1, 0.15) is 10.4 Å². The smallest absolute Gasteiger partial charge is 0.237 e. The lowest BCUT2D eigenvalue weighted by atomic mass is 10.1. The summed E-state index contributed by atoms with van der Waals surface area (Å²) in [5.41, 5.74) is 6.79. The summed E-state index contributed by atoms with van der Waals surface area (Å²) in [5, 5.41) is 12.0. The lowest BCUT2D eigenvalue weighted by Gasteiger charge is -2.12. The van der Waals surface area contributed by atoms with Crippen molar-refractivity contribution in [1.29, 1.82) is 0 Å². The minimum atomic E-state index is -0.596. The van der Waals surface area contributed by atoms with Crippen molar-refractivity contribution in [2.24, 2.45) is 5.73 Å². The van der Waals surface area contributed by atoms with E-state index in [2.05, 4.69) is 5.32 Å². The average molecular weight is 325 g/mol. The Kier molecular flexibility index (Phi) is 5.61. The standard InChI is InChI=1S/C15H17ClN2O2S/c16-14-6-5-12(21-14)7-8-18-15(20)13(17)9-10-1-3-11(19)4-2-10/h1-6,13,19H,7-9,17H2,(H,18,20)/t13-/m1/s1. The number of phenolic OH excluding ortho intramolecular Hbond substituents is 1. The van der Waals surface area contributed by atoms with Gasteiger partial charge in [-0.1, -0.05) is 23.7 Å². The molecule has 0 unspecified atom stereocenters. The van der Waals surface area contributed by atoms with Gasteiger partial charge in [0.05, 0.1) is 10.4 Å². The van der Waals surface area contributed by atoms with Gasteiger partial charge in [0.15, 0.2) is 0 Å². The van der Waals surface area contributed by atoms with Crippen LogP contribution in [0.25, 0.3) is 0 Å². The first-order valence-electron chi connectivity index (χ1n) is 6.60. The first-order chi connectivity index (χ1) is 10.0. The van der Waals surface area contributed by atoms with Crippen LogP contribution in [0, 0.1) is 0 Å². The van der Waals surface area contributed by atoms with Gasteiger partial charge in [0.25, 0.3) is 0 Å². The molecule has 2 aromatic rings. The second kappa shape index (κ2) is 7.45. The Morgan fingerprint density at radius 1 is 1.29 bits per heavy atom. The number of carbonyl (C=O) groups is 1. The van der Waals surface area contributed by atoms with Crippen LogP contribution in [-0.2, 0) is 17.6 Å². The van der Waals surface area contributed by atoms with Crippen molar-refractivity contribution in [2.45, 2.75) is 18.9 Å². The third-order valence-electron chi connectivity index (χ3n) is 3.03. The zero-order valence-electron chi connectivity index (χ0n) is 11.4. The molecule has 1 amide bonds. The summed E-state index contributed by atoms with van der Waals surface area (Å²) in [7, 11) is 0. The monoisotopic (exact) mass is 324 g/mol. The fourth-order valence-electron chi connectivity index (χ4n) is 1.90. The molecule has 0 fully saturated rings. The fourth-order valence-corrected chi connectivity index (χ4v) is 2.99. The highest BCUT2D eigenvalue weighted by atomic mass is 35.5. The van der Waals surface area contributed by atoms with Crippen molar-refractivity contribution in [1.82, 2.24) is 5.32 Å². The lowest BCUT2D eigenvalue weighted by Crippen LogP contribution is -2.42. The average Bonchev–Trinajstić information content (AvgIpc) is 2.87. The maximum atomic E-state index is 11.9. The number of rotatable bonds is 6. The Labute approximate surface area is 132 Å². The largest absolute Gasteiger partial charge is 0.508 e. The molecule has 0 aliphatic carbocycles. The van der Waals surface area contributed by atoms with Crippen LogP contribution in [-0.4, -0.2) is 23.6 Å². The van der Waals surface area contributed by atoms with Crippen molar-refractivity contribution < 1.29 is 9.90 Å². The van der Waals surface area contributed by atoms with Gasteiger partial charge in [0.1, 0.15) is 5.75 Å². The van der Waals surface area contributed by atoms with Gasteiger partial charge < -0.3 is 16.2 Å². The van der Waals surface area contributed by atoms with Gasteiger partial charge in [0, 0.05) is 11.4 Å². The number of phenols is 1. The Balaban J connectivity index is 1.75. The van der Waals surface area contributed by atoms with Crippen molar-refractivity contribution >= 4 is 28.8 Å². The molecular formula is C15H17ClN2O2S. The molecule has 1 aromatic carbocycles. The molecule has 0 aliphatic rings. The van der Waals surface area contributed by atoms with E-state index >= 15 is 0 Å². The molecule has 112 valence electrons. The number of nitrogens with one attached hydrogen (secondary N) is 1. The molecule has 0 aliphatic heterocycles. The highest BCUT2D eigenvalue weighted by molar-refractivity contribution is 7.16. The molecule has 0 radical (unpaired) electrons. The number of aromatic hydroxyl groups is 1. The Morgan fingerprint density at radius 2 is 2.00 bits per heavy atom. The molecule has 6 heteroatoms.